The second-order valence-electron chi connectivity index (χ2n) is 12.3. The summed E-state index contributed by atoms with van der Waals surface area (Å²) in [4.78, 5) is 33.0. The van der Waals surface area contributed by atoms with Gasteiger partial charge >= 0.3 is 0 Å². The van der Waals surface area contributed by atoms with Crippen LogP contribution < -0.4 is 10.2 Å². The minimum absolute atomic E-state index is 0.00828. The van der Waals surface area contributed by atoms with E-state index < -0.39 is 0 Å². The van der Waals surface area contributed by atoms with Gasteiger partial charge in [-0.15, -0.1) is 0 Å². The summed E-state index contributed by atoms with van der Waals surface area (Å²) in [6.07, 6.45) is 2.61. The molecular formula is C31H45ClN4O2. The monoisotopic (exact) mass is 540 g/mol. The number of anilines is 2. The average Bonchev–Trinajstić information content (AvgIpc) is 2.82. The Bertz CT molecular complexity index is 1100. The molecule has 38 heavy (non-hydrogen) atoms. The molecule has 2 aromatic carbocycles. The lowest BCUT2D eigenvalue weighted by Crippen LogP contribution is -2.42. The van der Waals surface area contributed by atoms with Crippen molar-refractivity contribution in [3.63, 3.8) is 0 Å². The van der Waals surface area contributed by atoms with E-state index in [1.165, 1.54) is 0 Å². The molecule has 1 heterocycles. The third kappa shape index (κ3) is 8.47. The van der Waals surface area contributed by atoms with Gasteiger partial charge in [-0.1, -0.05) is 58.4 Å². The normalized spacial score (nSPS) is 15.0. The number of nitrogens with one attached hydrogen (secondary N) is 1. The van der Waals surface area contributed by atoms with Crippen molar-refractivity contribution in [3.05, 3.63) is 58.6 Å². The molecule has 7 heteroatoms. The van der Waals surface area contributed by atoms with Crippen molar-refractivity contribution in [2.75, 3.05) is 43.9 Å². The molecule has 2 amide bonds. The first-order valence-corrected chi connectivity index (χ1v) is 14.1. The van der Waals surface area contributed by atoms with Crippen molar-refractivity contribution in [1.29, 1.82) is 0 Å². The van der Waals surface area contributed by atoms with Gasteiger partial charge in [0, 0.05) is 44.0 Å². The van der Waals surface area contributed by atoms with Crippen molar-refractivity contribution < 1.29 is 9.59 Å². The van der Waals surface area contributed by atoms with E-state index in [9.17, 15) is 9.59 Å². The summed E-state index contributed by atoms with van der Waals surface area (Å²) in [6, 6.07) is 13.8. The van der Waals surface area contributed by atoms with Crippen molar-refractivity contribution in [2.45, 2.75) is 66.5 Å². The minimum Gasteiger partial charge on any atom is -0.371 e. The Morgan fingerprint density at radius 3 is 2.37 bits per heavy atom. The van der Waals surface area contributed by atoms with Crippen LogP contribution in [0, 0.1) is 11.3 Å². The van der Waals surface area contributed by atoms with Crippen LogP contribution in [0.5, 0.6) is 0 Å². The van der Waals surface area contributed by atoms with Crippen LogP contribution in [-0.4, -0.2) is 61.4 Å². The third-order valence-electron chi connectivity index (χ3n) is 7.01. The molecule has 1 N–H and O–H groups in total. The molecule has 0 spiro atoms. The quantitative estimate of drug-likeness (QED) is 0.392. The molecule has 1 saturated heterocycles. The molecular weight excluding hydrogens is 496 g/mol. The van der Waals surface area contributed by atoms with E-state index in [0.717, 1.165) is 42.9 Å². The third-order valence-corrected chi connectivity index (χ3v) is 7.34. The minimum atomic E-state index is -0.101. The highest BCUT2D eigenvalue weighted by molar-refractivity contribution is 6.33. The highest BCUT2D eigenvalue weighted by atomic mass is 35.5. The number of nitrogens with zero attached hydrogens (tertiary/aromatic N) is 3. The molecule has 208 valence electrons. The average molecular weight is 541 g/mol. The molecule has 0 aliphatic carbocycles. The maximum Gasteiger partial charge on any atom is 0.255 e. The number of hydrogen-bond acceptors (Lipinski definition) is 4. The Labute approximate surface area is 234 Å². The number of halogens is 1. The number of carbonyl (C=O) groups is 2. The lowest BCUT2D eigenvalue weighted by molar-refractivity contribution is -0.117. The van der Waals surface area contributed by atoms with E-state index in [2.05, 4.69) is 69.9 Å². The zero-order valence-corrected chi connectivity index (χ0v) is 24.9. The van der Waals surface area contributed by atoms with Gasteiger partial charge in [0.05, 0.1) is 10.6 Å². The van der Waals surface area contributed by atoms with Crippen molar-refractivity contribution in [3.8, 4) is 0 Å². The first-order valence-electron chi connectivity index (χ1n) is 13.7. The summed E-state index contributed by atoms with van der Waals surface area (Å²) >= 11 is 6.43. The molecule has 0 saturated carbocycles. The van der Waals surface area contributed by atoms with Gasteiger partial charge in [-0.2, -0.15) is 0 Å². The lowest BCUT2D eigenvalue weighted by Gasteiger charge is -2.38. The van der Waals surface area contributed by atoms with Gasteiger partial charge in [-0.05, 0) is 80.2 Å². The maximum atomic E-state index is 13.7. The Balaban J connectivity index is 1.96. The number of rotatable bonds is 9. The zero-order chi connectivity index (χ0) is 28.0. The Hall–Kier alpha value is -2.57. The summed E-state index contributed by atoms with van der Waals surface area (Å²) in [7, 11) is 4.32. The molecule has 0 radical (unpaired) electrons. The van der Waals surface area contributed by atoms with Gasteiger partial charge in [0.15, 0.2) is 0 Å². The molecule has 2 aromatic rings. The Kier molecular flexibility index (Phi) is 10.2. The zero-order valence-electron chi connectivity index (χ0n) is 24.2. The van der Waals surface area contributed by atoms with E-state index in [1.807, 2.05) is 29.2 Å². The summed E-state index contributed by atoms with van der Waals surface area (Å²) in [5, 5.41) is 3.54. The highest BCUT2D eigenvalue weighted by Crippen LogP contribution is 2.31. The van der Waals surface area contributed by atoms with E-state index in [-0.39, 0.29) is 23.1 Å². The van der Waals surface area contributed by atoms with Gasteiger partial charge in [0.2, 0.25) is 5.91 Å². The number of benzene rings is 2. The first kappa shape index (κ1) is 30.0. The van der Waals surface area contributed by atoms with Gasteiger partial charge in [-0.25, -0.2) is 0 Å². The predicted molar refractivity (Wildman–Crippen MR) is 159 cm³/mol. The highest BCUT2D eigenvalue weighted by Gasteiger charge is 2.26. The molecule has 0 atom stereocenters. The van der Waals surface area contributed by atoms with Crippen LogP contribution in [0.25, 0.3) is 0 Å². The fourth-order valence-electron chi connectivity index (χ4n) is 5.07. The fraction of sp³-hybridized carbons (Fsp3) is 0.548. The molecule has 1 aliphatic heterocycles. The van der Waals surface area contributed by atoms with Gasteiger partial charge in [0.25, 0.3) is 5.91 Å². The largest absolute Gasteiger partial charge is 0.371 e. The van der Waals surface area contributed by atoms with Gasteiger partial charge < -0.3 is 20.0 Å². The Morgan fingerprint density at radius 2 is 1.76 bits per heavy atom. The van der Waals surface area contributed by atoms with E-state index >= 15 is 0 Å². The maximum absolute atomic E-state index is 13.7. The van der Waals surface area contributed by atoms with Crippen LogP contribution in [0.2, 0.25) is 5.02 Å². The van der Waals surface area contributed by atoms with Crippen LogP contribution in [0.3, 0.4) is 0 Å². The molecule has 0 bridgehead atoms. The molecule has 0 aromatic heterocycles. The van der Waals surface area contributed by atoms with Crippen LogP contribution in [0.4, 0.5) is 11.4 Å². The van der Waals surface area contributed by atoms with Crippen LogP contribution in [0.1, 0.15) is 69.8 Å². The molecule has 1 fully saturated rings. The van der Waals surface area contributed by atoms with E-state index in [4.69, 9.17) is 11.6 Å². The van der Waals surface area contributed by atoms with E-state index in [1.54, 1.807) is 12.1 Å². The lowest BCUT2D eigenvalue weighted by atomic mass is 9.92. The second-order valence-corrected chi connectivity index (χ2v) is 12.7. The topological polar surface area (TPSA) is 55.9 Å². The fourth-order valence-corrected chi connectivity index (χ4v) is 5.29. The summed E-state index contributed by atoms with van der Waals surface area (Å²) in [5.74, 6) is 0.191. The number of piperidine rings is 1. The van der Waals surface area contributed by atoms with Gasteiger partial charge in [0.1, 0.15) is 0 Å². The number of likely N-dealkylation sites (tertiary alicyclic amines) is 1. The standard InChI is InChI=1S/C31H45ClN4O2/c1-22(2)20-36(30(38)26-10-8-9-11-27(26)32)21-23-18-24(33-29(37)19-31(3,4)5)12-13-28(23)35(7)25-14-16-34(6)17-15-25/h8-13,18,22,25H,14-17,19-21H2,1-7H3,(H,33,37). The van der Waals surface area contributed by atoms with Crippen LogP contribution in [0.15, 0.2) is 42.5 Å². The SMILES string of the molecule is CC(C)CN(Cc1cc(NC(=O)CC(C)(C)C)ccc1N(C)C1CCN(C)CC1)C(=O)c1ccccc1Cl. The Morgan fingerprint density at radius 1 is 1.11 bits per heavy atom. The van der Waals surface area contributed by atoms with Crippen molar-refractivity contribution >= 4 is 34.8 Å². The number of hydrogen-bond donors (Lipinski definition) is 1. The van der Waals surface area contributed by atoms with Crippen molar-refractivity contribution in [1.82, 2.24) is 9.80 Å². The second kappa shape index (κ2) is 13.0. The van der Waals surface area contributed by atoms with Gasteiger partial charge in [-0.3, -0.25) is 9.59 Å². The molecule has 3 rings (SSSR count). The predicted octanol–water partition coefficient (Wildman–Crippen LogP) is 6.54. The molecule has 1 aliphatic rings. The number of carbonyl (C=O) groups excluding carboxylic acids is 2. The van der Waals surface area contributed by atoms with E-state index in [0.29, 0.717) is 36.1 Å². The van der Waals surface area contributed by atoms with Crippen LogP contribution in [-0.2, 0) is 11.3 Å². The first-order chi connectivity index (χ1) is 17.8. The molecule has 0 unspecified atom stereocenters. The van der Waals surface area contributed by atoms with Crippen molar-refractivity contribution in [2.24, 2.45) is 11.3 Å². The number of amides is 2. The smallest absolute Gasteiger partial charge is 0.255 e. The van der Waals surface area contributed by atoms with Crippen LogP contribution >= 0.6 is 11.6 Å². The molecule has 6 nitrogen and oxygen atoms in total. The summed E-state index contributed by atoms with van der Waals surface area (Å²) < 4.78 is 0. The summed E-state index contributed by atoms with van der Waals surface area (Å²) in [5.41, 5.74) is 3.27. The summed E-state index contributed by atoms with van der Waals surface area (Å²) in [6.45, 7) is 13.6.